The third kappa shape index (κ3) is 2.77. The molecule has 2 aromatic rings. The minimum absolute atomic E-state index is 0.613. The molecule has 0 saturated heterocycles. The molecule has 1 aromatic carbocycles. The molecule has 0 bridgehead atoms. The summed E-state index contributed by atoms with van der Waals surface area (Å²) in [5.74, 6) is 1.48. The van der Waals surface area contributed by atoms with Gasteiger partial charge >= 0.3 is 0 Å². The van der Waals surface area contributed by atoms with Crippen molar-refractivity contribution in [1.29, 1.82) is 0 Å². The number of methoxy groups -OCH3 is 1. The van der Waals surface area contributed by atoms with Gasteiger partial charge in [0, 0.05) is 37.5 Å². The first kappa shape index (κ1) is 12.6. The average molecular weight is 275 g/mol. The Morgan fingerprint density at radius 2 is 2.32 bits per heavy atom. The first-order chi connectivity index (χ1) is 9.36. The zero-order valence-electron chi connectivity index (χ0n) is 10.9. The molecule has 0 unspecified atom stereocenters. The maximum absolute atomic E-state index is 5.02. The minimum atomic E-state index is 0.613. The van der Waals surface area contributed by atoms with Gasteiger partial charge in [-0.3, -0.25) is 0 Å². The van der Waals surface area contributed by atoms with E-state index in [1.807, 2.05) is 0 Å². The third-order valence-corrected chi connectivity index (χ3v) is 4.17. The second kappa shape index (κ2) is 5.67. The summed E-state index contributed by atoms with van der Waals surface area (Å²) in [5, 5.41) is 4.30. The summed E-state index contributed by atoms with van der Waals surface area (Å²) in [6, 6.07) is 8.64. The number of aromatic nitrogens is 2. The van der Waals surface area contributed by atoms with Crippen molar-refractivity contribution in [3.8, 4) is 0 Å². The third-order valence-electron chi connectivity index (χ3n) is 3.46. The van der Waals surface area contributed by atoms with Crippen molar-refractivity contribution in [2.75, 3.05) is 25.6 Å². The number of hydrogen-bond acceptors (Lipinski definition) is 5. The standard InChI is InChI=1S/C14H17N3OS/c1-18-7-6-13-16-14(19-17-13)15-9-11-8-10-4-2-3-5-12(10)11/h2-5,11H,6-9H2,1H3,(H,15,16,17)/t11-/m0/s1. The number of nitrogens with zero attached hydrogens (tertiary/aromatic N) is 2. The van der Waals surface area contributed by atoms with E-state index in [2.05, 4.69) is 38.9 Å². The van der Waals surface area contributed by atoms with Crippen LogP contribution >= 0.6 is 11.5 Å². The highest BCUT2D eigenvalue weighted by Crippen LogP contribution is 2.34. The van der Waals surface area contributed by atoms with Crippen LogP contribution in [0.4, 0.5) is 5.13 Å². The van der Waals surface area contributed by atoms with Crippen molar-refractivity contribution in [1.82, 2.24) is 9.36 Å². The molecule has 1 N–H and O–H groups in total. The lowest BCUT2D eigenvalue weighted by Crippen LogP contribution is -2.24. The van der Waals surface area contributed by atoms with Crippen molar-refractivity contribution in [3.05, 3.63) is 41.2 Å². The van der Waals surface area contributed by atoms with Crippen LogP contribution in [0.15, 0.2) is 24.3 Å². The van der Waals surface area contributed by atoms with E-state index in [-0.39, 0.29) is 0 Å². The van der Waals surface area contributed by atoms with Gasteiger partial charge in [0.1, 0.15) is 5.82 Å². The number of anilines is 1. The van der Waals surface area contributed by atoms with Gasteiger partial charge in [-0.2, -0.15) is 4.37 Å². The van der Waals surface area contributed by atoms with Gasteiger partial charge in [-0.1, -0.05) is 24.3 Å². The highest BCUT2D eigenvalue weighted by Gasteiger charge is 2.25. The second-order valence-corrected chi connectivity index (χ2v) is 5.49. The SMILES string of the molecule is COCCc1nsc(NC[C@@H]2Cc3ccccc32)n1. The summed E-state index contributed by atoms with van der Waals surface area (Å²) in [5.41, 5.74) is 2.95. The summed E-state index contributed by atoms with van der Waals surface area (Å²) >= 11 is 1.43. The van der Waals surface area contributed by atoms with E-state index in [0.717, 1.165) is 23.9 Å². The lowest BCUT2D eigenvalue weighted by Gasteiger charge is -2.29. The number of benzene rings is 1. The highest BCUT2D eigenvalue weighted by atomic mass is 32.1. The molecular weight excluding hydrogens is 258 g/mol. The molecule has 1 heterocycles. The molecule has 0 spiro atoms. The van der Waals surface area contributed by atoms with Gasteiger partial charge in [0.15, 0.2) is 0 Å². The predicted octanol–water partition coefficient (Wildman–Crippen LogP) is 2.48. The van der Waals surface area contributed by atoms with E-state index in [1.165, 1.54) is 29.1 Å². The molecule has 0 fully saturated rings. The van der Waals surface area contributed by atoms with E-state index in [1.54, 1.807) is 7.11 Å². The molecule has 4 nitrogen and oxygen atoms in total. The Kier molecular flexibility index (Phi) is 3.75. The van der Waals surface area contributed by atoms with Crippen molar-refractivity contribution < 1.29 is 4.74 Å². The number of hydrogen-bond donors (Lipinski definition) is 1. The van der Waals surface area contributed by atoms with Crippen LogP contribution < -0.4 is 5.32 Å². The van der Waals surface area contributed by atoms with Crippen molar-refractivity contribution >= 4 is 16.7 Å². The zero-order chi connectivity index (χ0) is 13.1. The molecule has 19 heavy (non-hydrogen) atoms. The molecule has 1 aliphatic carbocycles. The Morgan fingerprint density at radius 1 is 1.42 bits per heavy atom. The van der Waals surface area contributed by atoms with Crippen molar-refractivity contribution in [2.45, 2.75) is 18.8 Å². The Balaban J connectivity index is 1.52. The molecule has 1 aliphatic rings. The fourth-order valence-electron chi connectivity index (χ4n) is 2.38. The monoisotopic (exact) mass is 275 g/mol. The molecule has 1 atom stereocenters. The Bertz CT molecular complexity index is 555. The predicted molar refractivity (Wildman–Crippen MR) is 76.9 cm³/mol. The Morgan fingerprint density at radius 3 is 3.16 bits per heavy atom. The highest BCUT2D eigenvalue weighted by molar-refractivity contribution is 7.09. The molecule has 5 heteroatoms. The Hall–Kier alpha value is -1.46. The lowest BCUT2D eigenvalue weighted by atomic mass is 9.78. The normalized spacial score (nSPS) is 16.8. The van der Waals surface area contributed by atoms with E-state index in [4.69, 9.17) is 4.74 Å². The van der Waals surface area contributed by atoms with Crippen molar-refractivity contribution in [2.24, 2.45) is 0 Å². The van der Waals surface area contributed by atoms with Crippen LogP contribution in [0, 0.1) is 0 Å². The van der Waals surface area contributed by atoms with Crippen LogP contribution in [0.3, 0.4) is 0 Å². The first-order valence-electron chi connectivity index (χ1n) is 6.50. The molecule has 100 valence electrons. The van der Waals surface area contributed by atoms with Crippen molar-refractivity contribution in [3.63, 3.8) is 0 Å². The fourth-order valence-corrected chi connectivity index (χ4v) is 2.99. The number of rotatable bonds is 6. The average Bonchev–Trinajstić information content (AvgIpc) is 2.85. The molecule has 0 aliphatic heterocycles. The molecule has 0 saturated carbocycles. The zero-order valence-corrected chi connectivity index (χ0v) is 11.7. The van der Waals surface area contributed by atoms with Gasteiger partial charge in [-0.15, -0.1) is 0 Å². The summed E-state index contributed by atoms with van der Waals surface area (Å²) in [4.78, 5) is 4.45. The number of nitrogens with one attached hydrogen (secondary N) is 1. The maximum Gasteiger partial charge on any atom is 0.202 e. The van der Waals surface area contributed by atoms with Gasteiger partial charge in [0.2, 0.25) is 5.13 Å². The van der Waals surface area contributed by atoms with E-state index < -0.39 is 0 Å². The minimum Gasteiger partial charge on any atom is -0.384 e. The van der Waals surface area contributed by atoms with Gasteiger partial charge < -0.3 is 10.1 Å². The van der Waals surface area contributed by atoms with Crippen LogP contribution in [0.2, 0.25) is 0 Å². The summed E-state index contributed by atoms with van der Waals surface area (Å²) in [7, 11) is 1.69. The molecule has 1 aromatic heterocycles. The van der Waals surface area contributed by atoms with E-state index in [9.17, 15) is 0 Å². The van der Waals surface area contributed by atoms with Crippen LogP contribution in [0.25, 0.3) is 0 Å². The van der Waals surface area contributed by atoms with Gasteiger partial charge in [-0.25, -0.2) is 4.98 Å². The van der Waals surface area contributed by atoms with Crippen LogP contribution in [0.5, 0.6) is 0 Å². The van der Waals surface area contributed by atoms with Gasteiger partial charge in [0.05, 0.1) is 6.61 Å². The maximum atomic E-state index is 5.02. The molecular formula is C14H17N3OS. The van der Waals surface area contributed by atoms with E-state index >= 15 is 0 Å². The first-order valence-corrected chi connectivity index (χ1v) is 7.27. The Labute approximate surface area is 117 Å². The quantitative estimate of drug-likeness (QED) is 0.880. The summed E-state index contributed by atoms with van der Waals surface area (Å²) in [6.45, 7) is 1.61. The molecule has 0 amide bonds. The van der Waals surface area contributed by atoms with Gasteiger partial charge in [0.25, 0.3) is 0 Å². The topological polar surface area (TPSA) is 47.0 Å². The number of ether oxygens (including phenoxy) is 1. The van der Waals surface area contributed by atoms with Crippen LogP contribution in [-0.2, 0) is 17.6 Å². The lowest BCUT2D eigenvalue weighted by molar-refractivity contribution is 0.201. The van der Waals surface area contributed by atoms with Gasteiger partial charge in [-0.05, 0) is 17.5 Å². The molecule has 0 radical (unpaired) electrons. The van der Waals surface area contributed by atoms with E-state index in [0.29, 0.717) is 12.5 Å². The molecule has 3 rings (SSSR count). The second-order valence-electron chi connectivity index (χ2n) is 4.74. The largest absolute Gasteiger partial charge is 0.384 e. The number of fused-ring (bicyclic) bond motifs is 1. The van der Waals surface area contributed by atoms with Crippen LogP contribution in [-0.4, -0.2) is 29.6 Å². The summed E-state index contributed by atoms with van der Waals surface area (Å²) in [6.07, 6.45) is 1.94. The summed E-state index contributed by atoms with van der Waals surface area (Å²) < 4.78 is 9.33. The fraction of sp³-hybridized carbons (Fsp3) is 0.429. The van der Waals surface area contributed by atoms with Crippen LogP contribution in [0.1, 0.15) is 22.9 Å². The smallest absolute Gasteiger partial charge is 0.202 e.